The van der Waals surface area contributed by atoms with Crippen LogP contribution in [0.3, 0.4) is 0 Å². The number of nitrogens with two attached hydrogens (primary N) is 1. The summed E-state index contributed by atoms with van der Waals surface area (Å²) in [6, 6.07) is 6.54. The number of hydrogen-bond donors (Lipinski definition) is 4. The fraction of sp³-hybridized carbons (Fsp3) is 0.125. The van der Waals surface area contributed by atoms with Crippen LogP contribution in [0.2, 0.25) is 0 Å². The predicted octanol–water partition coefficient (Wildman–Crippen LogP) is 0.639. The van der Waals surface area contributed by atoms with Crippen molar-refractivity contribution in [3.63, 3.8) is 0 Å². The second-order valence-electron chi connectivity index (χ2n) is 3.01. The zero-order valence-electron chi connectivity index (χ0n) is 8.75. The van der Waals surface area contributed by atoms with Crippen LogP contribution in [0.5, 0.6) is 0 Å². The largest absolute Gasteiger partial charge is 0.376 e. The molecule has 5 nitrogen and oxygen atoms in total. The molecule has 0 fully saturated rings. The van der Waals surface area contributed by atoms with Crippen LogP contribution in [0.1, 0.15) is 5.56 Å². The first-order valence-electron chi connectivity index (χ1n) is 4.07. The van der Waals surface area contributed by atoms with Crippen molar-refractivity contribution in [2.75, 3.05) is 5.32 Å². The first kappa shape index (κ1) is 16.1. The molecular weight excluding hydrogens is 258 g/mol. The van der Waals surface area contributed by atoms with Crippen molar-refractivity contribution in [1.29, 1.82) is 0 Å². The maximum Gasteiger partial charge on any atom is 0.329 e. The van der Waals surface area contributed by atoms with Gasteiger partial charge in [0.1, 0.15) is 0 Å². The molecule has 1 aromatic carbocycles. The Labute approximate surface area is 121 Å². The number of benzene rings is 1. The smallest absolute Gasteiger partial charge is 0.329 e. The Balaban J connectivity index is 0.00000225. The van der Waals surface area contributed by atoms with Crippen molar-refractivity contribution in [3.8, 4) is 0 Å². The average molecular weight is 269 g/mol. The zero-order chi connectivity index (χ0) is 11.5. The molecule has 0 saturated carbocycles. The molecule has 8 heteroatoms. The van der Waals surface area contributed by atoms with Gasteiger partial charge in [0.25, 0.3) is 0 Å². The molecule has 0 unspecified atom stereocenters. The van der Waals surface area contributed by atoms with Crippen molar-refractivity contribution in [2.24, 2.45) is 5.73 Å². The van der Waals surface area contributed by atoms with Gasteiger partial charge in [0.05, 0.1) is 6.16 Å². The summed E-state index contributed by atoms with van der Waals surface area (Å²) in [5.74, 6) is 0. The molecule has 0 aromatic heterocycles. The Morgan fingerprint density at radius 2 is 1.88 bits per heavy atom. The Morgan fingerprint density at radius 3 is 2.25 bits per heavy atom. The Bertz CT molecular complexity index is 406. The van der Waals surface area contributed by atoms with Crippen LogP contribution in [0.15, 0.2) is 24.3 Å². The fourth-order valence-corrected chi connectivity index (χ4v) is 1.88. The van der Waals surface area contributed by atoms with E-state index >= 15 is 0 Å². The van der Waals surface area contributed by atoms with E-state index in [-0.39, 0.29) is 40.8 Å². The average Bonchev–Trinajstić information content (AvgIpc) is 2.05. The Morgan fingerprint density at radius 1 is 1.38 bits per heavy atom. The van der Waals surface area contributed by atoms with Crippen molar-refractivity contribution >= 4 is 60.2 Å². The predicted molar refractivity (Wildman–Crippen MR) is 68.4 cm³/mol. The topological polar surface area (TPSA) is 95.6 Å². The van der Waals surface area contributed by atoms with Gasteiger partial charge in [-0.25, -0.2) is 0 Å². The molecule has 0 amide bonds. The molecule has 0 aliphatic rings. The van der Waals surface area contributed by atoms with E-state index in [1.54, 1.807) is 24.3 Å². The molecule has 0 aliphatic heterocycles. The monoisotopic (exact) mass is 269 g/mol. The van der Waals surface area contributed by atoms with E-state index in [4.69, 9.17) is 15.5 Å². The summed E-state index contributed by atoms with van der Waals surface area (Å²) in [5.41, 5.74) is 6.52. The third-order valence-electron chi connectivity index (χ3n) is 1.61. The van der Waals surface area contributed by atoms with Gasteiger partial charge in [0.2, 0.25) is 0 Å². The molecule has 0 spiro atoms. The van der Waals surface area contributed by atoms with Crippen LogP contribution in [0.4, 0.5) is 5.69 Å². The van der Waals surface area contributed by atoms with Gasteiger partial charge in [-0.15, -0.1) is 0 Å². The maximum absolute atomic E-state index is 10.7. The van der Waals surface area contributed by atoms with Crippen molar-refractivity contribution in [1.82, 2.24) is 0 Å². The van der Waals surface area contributed by atoms with E-state index in [0.717, 1.165) is 0 Å². The van der Waals surface area contributed by atoms with Gasteiger partial charge in [-0.2, -0.15) is 0 Å². The van der Waals surface area contributed by atoms with E-state index < -0.39 is 7.60 Å². The molecule has 5 N–H and O–H groups in total. The van der Waals surface area contributed by atoms with Gasteiger partial charge in [-0.3, -0.25) is 4.57 Å². The van der Waals surface area contributed by atoms with E-state index in [0.29, 0.717) is 11.3 Å². The van der Waals surface area contributed by atoms with E-state index in [1.165, 1.54) is 0 Å². The third kappa shape index (κ3) is 6.60. The molecule has 0 saturated heterocycles. The molecule has 16 heavy (non-hydrogen) atoms. The van der Waals surface area contributed by atoms with Crippen LogP contribution < -0.4 is 11.1 Å². The SMILES string of the molecule is NC(=S)Nc1ccc(CP(=O)(O)O)cc1.[Na]. The molecule has 1 rings (SSSR count). The zero-order valence-corrected chi connectivity index (χ0v) is 12.5. The van der Waals surface area contributed by atoms with Crippen LogP contribution >= 0.6 is 19.8 Å². The standard InChI is InChI=1S/C8H11N2O3PS.Na/c9-8(15)10-7-3-1-6(2-4-7)5-14(11,12)13;/h1-4H,5H2,(H3,9,10,15)(H2,11,12,13);. The summed E-state index contributed by atoms with van der Waals surface area (Å²) in [6.07, 6.45) is -0.264. The number of anilines is 1. The van der Waals surface area contributed by atoms with Gasteiger partial charge in [-0.1, -0.05) is 12.1 Å². The maximum atomic E-state index is 10.7. The van der Waals surface area contributed by atoms with Crippen molar-refractivity contribution in [2.45, 2.75) is 6.16 Å². The van der Waals surface area contributed by atoms with Gasteiger partial charge >= 0.3 is 7.60 Å². The first-order valence-corrected chi connectivity index (χ1v) is 6.27. The molecule has 0 aliphatic carbocycles. The third-order valence-corrected chi connectivity index (χ3v) is 2.49. The van der Waals surface area contributed by atoms with Crippen molar-refractivity contribution < 1.29 is 14.4 Å². The van der Waals surface area contributed by atoms with E-state index in [9.17, 15) is 4.57 Å². The molecule has 1 radical (unpaired) electrons. The number of nitrogens with one attached hydrogen (secondary N) is 1. The summed E-state index contributed by atoms with van der Waals surface area (Å²) < 4.78 is 10.7. The number of hydrogen-bond acceptors (Lipinski definition) is 2. The summed E-state index contributed by atoms with van der Waals surface area (Å²) in [5, 5.41) is 2.86. The van der Waals surface area contributed by atoms with Crippen LogP contribution in [-0.2, 0) is 10.7 Å². The van der Waals surface area contributed by atoms with E-state index in [2.05, 4.69) is 17.5 Å². The summed E-state index contributed by atoms with van der Waals surface area (Å²) in [7, 11) is -4.00. The second-order valence-corrected chi connectivity index (χ2v) is 5.09. The van der Waals surface area contributed by atoms with E-state index in [1.807, 2.05) is 0 Å². The molecule has 83 valence electrons. The van der Waals surface area contributed by atoms with Crippen LogP contribution in [-0.4, -0.2) is 44.5 Å². The number of thiocarbonyl (C=S) groups is 1. The van der Waals surface area contributed by atoms with Gasteiger partial charge < -0.3 is 20.8 Å². The molecule has 0 heterocycles. The molecule has 1 aromatic rings. The molecular formula is C8H11N2NaO3PS. The van der Waals surface area contributed by atoms with Gasteiger partial charge in [-0.05, 0) is 29.9 Å². The minimum atomic E-state index is -4.00. The minimum Gasteiger partial charge on any atom is -0.376 e. The summed E-state index contributed by atoms with van der Waals surface area (Å²) in [4.78, 5) is 17.5. The second kappa shape index (κ2) is 6.71. The van der Waals surface area contributed by atoms with Crippen molar-refractivity contribution in [3.05, 3.63) is 29.8 Å². The minimum absolute atomic E-state index is 0. The Hall–Kier alpha value is 0.0600. The summed E-state index contributed by atoms with van der Waals surface area (Å²) in [6.45, 7) is 0. The fourth-order valence-electron chi connectivity index (χ4n) is 1.07. The number of rotatable bonds is 3. The van der Waals surface area contributed by atoms with Gasteiger partial charge in [0.15, 0.2) is 5.11 Å². The van der Waals surface area contributed by atoms with Crippen LogP contribution in [0, 0.1) is 0 Å². The summed E-state index contributed by atoms with van der Waals surface area (Å²) >= 11 is 4.64. The van der Waals surface area contributed by atoms with Crippen LogP contribution in [0.25, 0.3) is 0 Å². The van der Waals surface area contributed by atoms with Gasteiger partial charge in [0, 0.05) is 35.2 Å². The molecule has 0 atom stereocenters. The first-order chi connectivity index (χ1) is 6.87. The normalized spacial score (nSPS) is 10.4. The quantitative estimate of drug-likeness (QED) is 0.365. The Kier molecular flexibility index (Phi) is 6.74. The molecule has 0 bridgehead atoms.